The van der Waals surface area contributed by atoms with Gasteiger partial charge in [-0.25, -0.2) is 0 Å². The van der Waals surface area contributed by atoms with Gasteiger partial charge in [0.15, 0.2) is 0 Å². The van der Waals surface area contributed by atoms with Crippen molar-refractivity contribution in [2.24, 2.45) is 0 Å². The summed E-state index contributed by atoms with van der Waals surface area (Å²) in [5.74, 6) is 0.126. The minimum Gasteiger partial charge on any atom is -0.288 e. The minimum absolute atomic E-state index is 0.126. The molecule has 0 spiro atoms. The van der Waals surface area contributed by atoms with Crippen LogP contribution in [0.2, 0.25) is 0 Å². The lowest BCUT2D eigenvalue weighted by Gasteiger charge is -2.02. The highest BCUT2D eigenvalue weighted by atomic mass is 32.1. The fourth-order valence-electron chi connectivity index (χ4n) is 2.33. The van der Waals surface area contributed by atoms with Crippen LogP contribution in [0.15, 0.2) is 48.5 Å². The Kier molecular flexibility index (Phi) is 2.96. The third kappa shape index (κ3) is 2.20. The van der Waals surface area contributed by atoms with Gasteiger partial charge in [0.05, 0.1) is 4.88 Å². The predicted octanol–water partition coefficient (Wildman–Crippen LogP) is 4.75. The Morgan fingerprint density at radius 3 is 2.37 bits per heavy atom. The average Bonchev–Trinajstić information content (AvgIpc) is 2.76. The molecule has 1 aromatic heterocycles. The van der Waals surface area contributed by atoms with Crippen LogP contribution in [0.4, 0.5) is 0 Å². The molecule has 0 atom stereocenters. The van der Waals surface area contributed by atoms with Gasteiger partial charge in [0.1, 0.15) is 0 Å². The van der Waals surface area contributed by atoms with Crippen molar-refractivity contribution in [3.8, 4) is 0 Å². The normalized spacial score (nSPS) is 10.8. The molecule has 0 bridgehead atoms. The molecule has 0 unspecified atom stereocenters. The van der Waals surface area contributed by atoms with Crippen LogP contribution in [0.3, 0.4) is 0 Å². The molecule has 94 valence electrons. The largest absolute Gasteiger partial charge is 0.288 e. The third-order valence-corrected chi connectivity index (χ3v) is 4.41. The Hall–Kier alpha value is -1.93. The Morgan fingerprint density at radius 1 is 0.947 bits per heavy atom. The van der Waals surface area contributed by atoms with Crippen LogP contribution in [0.25, 0.3) is 10.8 Å². The van der Waals surface area contributed by atoms with E-state index < -0.39 is 0 Å². The molecule has 2 aromatic carbocycles. The van der Waals surface area contributed by atoms with Crippen molar-refractivity contribution in [2.45, 2.75) is 13.8 Å². The Labute approximate surface area is 116 Å². The average molecular weight is 266 g/mol. The Morgan fingerprint density at radius 2 is 1.68 bits per heavy atom. The molecule has 0 radical (unpaired) electrons. The molecule has 0 amide bonds. The topological polar surface area (TPSA) is 17.1 Å². The van der Waals surface area contributed by atoms with Crippen molar-refractivity contribution in [2.75, 3.05) is 0 Å². The second-order valence-electron chi connectivity index (χ2n) is 4.76. The van der Waals surface area contributed by atoms with Crippen LogP contribution in [-0.2, 0) is 0 Å². The van der Waals surface area contributed by atoms with Gasteiger partial charge in [0.25, 0.3) is 0 Å². The van der Waals surface area contributed by atoms with Crippen molar-refractivity contribution >= 4 is 27.9 Å². The second kappa shape index (κ2) is 4.63. The first-order valence-electron chi connectivity index (χ1n) is 6.26. The number of carbonyl (C=O) groups is 1. The zero-order valence-electron chi connectivity index (χ0n) is 10.9. The molecule has 0 fully saturated rings. The highest BCUT2D eigenvalue weighted by molar-refractivity contribution is 7.14. The second-order valence-corrected chi connectivity index (χ2v) is 6.02. The highest BCUT2D eigenvalue weighted by Gasteiger charge is 2.14. The zero-order valence-corrected chi connectivity index (χ0v) is 11.8. The van der Waals surface area contributed by atoms with E-state index in [1.165, 1.54) is 4.88 Å². The van der Waals surface area contributed by atoms with Gasteiger partial charge in [0.2, 0.25) is 5.78 Å². The standard InChI is InChI=1S/C17H14OS/c1-11-9-12(2)19-17(11)16(18)15-8-7-13-5-3-4-6-14(13)10-15/h3-10H,1-2H3. The molecule has 1 nitrogen and oxygen atoms in total. The maximum Gasteiger partial charge on any atom is 0.203 e. The zero-order chi connectivity index (χ0) is 13.4. The van der Waals surface area contributed by atoms with E-state index in [2.05, 4.69) is 12.1 Å². The van der Waals surface area contributed by atoms with E-state index in [0.29, 0.717) is 0 Å². The molecule has 19 heavy (non-hydrogen) atoms. The smallest absolute Gasteiger partial charge is 0.203 e. The van der Waals surface area contributed by atoms with Gasteiger partial charge in [-0.1, -0.05) is 36.4 Å². The predicted molar refractivity (Wildman–Crippen MR) is 81.2 cm³/mol. The summed E-state index contributed by atoms with van der Waals surface area (Å²) in [6.07, 6.45) is 0. The van der Waals surface area contributed by atoms with E-state index in [0.717, 1.165) is 26.8 Å². The SMILES string of the molecule is Cc1cc(C)c(C(=O)c2ccc3ccccc3c2)s1. The molecule has 3 rings (SSSR count). The lowest BCUT2D eigenvalue weighted by Crippen LogP contribution is -2.00. The number of thiophene rings is 1. The maximum atomic E-state index is 12.5. The lowest BCUT2D eigenvalue weighted by molar-refractivity contribution is 0.104. The molecule has 0 aliphatic carbocycles. The number of ketones is 1. The summed E-state index contributed by atoms with van der Waals surface area (Å²) < 4.78 is 0. The van der Waals surface area contributed by atoms with E-state index >= 15 is 0 Å². The summed E-state index contributed by atoms with van der Waals surface area (Å²) in [5.41, 5.74) is 1.84. The fourth-order valence-corrected chi connectivity index (χ4v) is 3.32. The molecule has 2 heteroatoms. The summed E-state index contributed by atoms with van der Waals surface area (Å²) in [4.78, 5) is 14.6. The summed E-state index contributed by atoms with van der Waals surface area (Å²) in [6, 6.07) is 16.1. The fraction of sp³-hybridized carbons (Fsp3) is 0.118. The number of benzene rings is 2. The molecular weight excluding hydrogens is 252 g/mol. The number of fused-ring (bicyclic) bond motifs is 1. The molecule has 1 heterocycles. The third-order valence-electron chi connectivity index (χ3n) is 3.26. The van der Waals surface area contributed by atoms with Gasteiger partial charge in [-0.05, 0) is 42.3 Å². The van der Waals surface area contributed by atoms with Gasteiger partial charge in [-0.2, -0.15) is 0 Å². The lowest BCUT2D eigenvalue weighted by atomic mass is 10.0. The van der Waals surface area contributed by atoms with E-state index in [-0.39, 0.29) is 5.78 Å². The van der Waals surface area contributed by atoms with Crippen molar-refractivity contribution < 1.29 is 4.79 Å². The maximum absolute atomic E-state index is 12.5. The minimum atomic E-state index is 0.126. The van der Waals surface area contributed by atoms with Crippen LogP contribution >= 0.6 is 11.3 Å². The number of aryl methyl sites for hydroxylation is 2. The highest BCUT2D eigenvalue weighted by Crippen LogP contribution is 2.25. The van der Waals surface area contributed by atoms with Crippen molar-refractivity contribution in [1.82, 2.24) is 0 Å². The first-order valence-corrected chi connectivity index (χ1v) is 7.07. The monoisotopic (exact) mass is 266 g/mol. The van der Waals surface area contributed by atoms with Crippen molar-refractivity contribution in [1.29, 1.82) is 0 Å². The van der Waals surface area contributed by atoms with Crippen LogP contribution in [-0.4, -0.2) is 5.78 Å². The van der Waals surface area contributed by atoms with E-state index in [4.69, 9.17) is 0 Å². The molecular formula is C17H14OS. The van der Waals surface area contributed by atoms with Gasteiger partial charge in [-0.3, -0.25) is 4.79 Å². The quantitative estimate of drug-likeness (QED) is 0.612. The van der Waals surface area contributed by atoms with Crippen LogP contribution in [0.5, 0.6) is 0 Å². The number of rotatable bonds is 2. The summed E-state index contributed by atoms with van der Waals surface area (Å²) >= 11 is 1.57. The Balaban J connectivity index is 2.09. The summed E-state index contributed by atoms with van der Waals surface area (Å²) in [7, 11) is 0. The molecule has 0 aliphatic rings. The van der Waals surface area contributed by atoms with Gasteiger partial charge >= 0.3 is 0 Å². The molecule has 3 aromatic rings. The van der Waals surface area contributed by atoms with Gasteiger partial charge in [0, 0.05) is 10.4 Å². The Bertz CT molecular complexity index is 768. The van der Waals surface area contributed by atoms with Crippen LogP contribution in [0, 0.1) is 13.8 Å². The molecule has 0 saturated carbocycles. The van der Waals surface area contributed by atoms with Gasteiger partial charge < -0.3 is 0 Å². The molecule has 0 saturated heterocycles. The molecule has 0 N–H and O–H groups in total. The van der Waals surface area contributed by atoms with Crippen molar-refractivity contribution in [3.63, 3.8) is 0 Å². The van der Waals surface area contributed by atoms with E-state index in [1.54, 1.807) is 11.3 Å². The van der Waals surface area contributed by atoms with Crippen LogP contribution in [0.1, 0.15) is 25.7 Å². The molecule has 0 aliphatic heterocycles. The van der Waals surface area contributed by atoms with Gasteiger partial charge in [-0.15, -0.1) is 11.3 Å². The first kappa shape index (κ1) is 12.1. The van der Waals surface area contributed by atoms with Crippen LogP contribution < -0.4 is 0 Å². The first-order chi connectivity index (χ1) is 9.15. The van der Waals surface area contributed by atoms with E-state index in [1.807, 2.05) is 50.2 Å². The van der Waals surface area contributed by atoms with Crippen molar-refractivity contribution in [3.05, 3.63) is 69.4 Å². The number of hydrogen-bond donors (Lipinski definition) is 0. The number of carbonyl (C=O) groups excluding carboxylic acids is 1. The summed E-state index contributed by atoms with van der Waals surface area (Å²) in [6.45, 7) is 4.03. The van der Waals surface area contributed by atoms with E-state index in [9.17, 15) is 4.79 Å². The number of hydrogen-bond acceptors (Lipinski definition) is 2. The summed E-state index contributed by atoms with van der Waals surface area (Å²) in [5, 5.41) is 2.28.